The molecular formula is LiSSeZn+3. The van der Waals surface area contributed by atoms with Crippen molar-refractivity contribution in [2.45, 2.75) is 0 Å². The van der Waals surface area contributed by atoms with E-state index in [2.05, 4.69) is 0 Å². The zero-order valence-electron chi connectivity index (χ0n) is 2.52. The SMILES string of the molecule is [Li+].[S+2].[Se-2].[Zn+2]. The Kier molecular flexibility index (Phi) is 176. The molecule has 4 radical (unpaired) electrons. The Labute approximate surface area is 68.3 Å². The van der Waals surface area contributed by atoms with Gasteiger partial charge in [-0.05, 0) is 0 Å². The molecule has 0 atom stereocenters. The summed E-state index contributed by atoms with van der Waals surface area (Å²) >= 11 is 0. The average Bonchev–Trinajstić information content (AvgIpc) is 0. The molecule has 0 nitrogen and oxygen atoms in total. The van der Waals surface area contributed by atoms with Gasteiger partial charge in [0.25, 0.3) is 0 Å². The van der Waals surface area contributed by atoms with Crippen molar-refractivity contribution < 1.29 is 38.3 Å². The number of hydrogen-bond donors (Lipinski definition) is 0. The molecule has 0 aliphatic heterocycles. The van der Waals surface area contributed by atoms with Gasteiger partial charge in [0.2, 0.25) is 0 Å². The Morgan fingerprint density at radius 1 is 1.00 bits per heavy atom. The first-order chi connectivity index (χ1) is 0. The fraction of sp³-hybridized carbons (Fsp3) is 0. The predicted octanol–water partition coefficient (Wildman–Crippen LogP) is -3.38. The molecule has 0 heterocycles. The molecule has 0 aromatic carbocycles. The van der Waals surface area contributed by atoms with E-state index in [9.17, 15) is 0 Å². The first-order valence-corrected chi connectivity index (χ1v) is 0. The third kappa shape index (κ3) is 8.94. The number of hydrogen-bond acceptors (Lipinski definition) is 0. The first-order valence-electron chi connectivity index (χ1n) is 0. The van der Waals surface area contributed by atoms with E-state index >= 15 is 0 Å². The minimum atomic E-state index is 0. The van der Waals surface area contributed by atoms with Crippen molar-refractivity contribution in [2.75, 3.05) is 0 Å². The summed E-state index contributed by atoms with van der Waals surface area (Å²) in [5.74, 6) is 0. The summed E-state index contributed by atoms with van der Waals surface area (Å²) in [6, 6.07) is 0. The number of rotatable bonds is 0. The predicted molar refractivity (Wildman–Crippen MR) is 13.1 cm³/mol. The minimum Gasteiger partial charge on any atom is -2.00 e. The molecule has 0 aromatic rings. The Hall–Kier alpha value is 2.09. The fourth-order valence-corrected chi connectivity index (χ4v) is 0. The molecule has 0 rings (SSSR count). The van der Waals surface area contributed by atoms with Crippen LogP contribution in [0.3, 0.4) is 0 Å². The van der Waals surface area contributed by atoms with Gasteiger partial charge < -0.3 is 17.1 Å². The summed E-state index contributed by atoms with van der Waals surface area (Å²) in [5, 5.41) is 0. The molecule has 0 amide bonds. The van der Waals surface area contributed by atoms with Crippen LogP contribution < -0.4 is 18.9 Å². The van der Waals surface area contributed by atoms with Crippen LogP contribution in [0.25, 0.3) is 0 Å². The molecule has 0 spiro atoms. The van der Waals surface area contributed by atoms with Crippen LogP contribution in [0.1, 0.15) is 0 Å². The Morgan fingerprint density at radius 2 is 1.00 bits per heavy atom. The van der Waals surface area contributed by atoms with Crippen LogP contribution in [0.15, 0.2) is 0 Å². The fourth-order valence-electron chi connectivity index (χ4n) is 0. The maximum atomic E-state index is 0. The van der Waals surface area contributed by atoms with Gasteiger partial charge >= 0.3 is 51.8 Å². The summed E-state index contributed by atoms with van der Waals surface area (Å²) < 4.78 is 0. The molecule has 0 saturated carbocycles. The second-order valence-corrected chi connectivity index (χ2v) is 0. The standard InChI is InChI=1S/Li.S.Se.Zn/q+1;+2;-2;+2. The van der Waals surface area contributed by atoms with Crippen LogP contribution >= 0.6 is 0 Å². The summed E-state index contributed by atoms with van der Waals surface area (Å²) in [6.45, 7) is 0. The largest absolute Gasteiger partial charge is 2.00 e. The van der Waals surface area contributed by atoms with Crippen molar-refractivity contribution in [3.05, 3.63) is 0 Å². The summed E-state index contributed by atoms with van der Waals surface area (Å²) in [6.07, 6.45) is 0. The minimum absolute atomic E-state index is 0. The van der Waals surface area contributed by atoms with Gasteiger partial charge in [0.1, 0.15) is 0 Å². The van der Waals surface area contributed by atoms with Crippen LogP contribution in [0, 0.1) is 0 Å². The first kappa shape index (κ1) is 36.1. The second-order valence-electron chi connectivity index (χ2n) is 0. The van der Waals surface area contributed by atoms with Crippen molar-refractivity contribution in [2.24, 2.45) is 0 Å². The van der Waals surface area contributed by atoms with E-state index in [0.717, 1.165) is 0 Å². The maximum Gasteiger partial charge on any atom is 2.00 e. The van der Waals surface area contributed by atoms with E-state index in [1.165, 1.54) is 0 Å². The van der Waals surface area contributed by atoms with Gasteiger partial charge in [-0.15, -0.1) is 0 Å². The smallest absolute Gasteiger partial charge is 2.00 e. The quantitative estimate of drug-likeness (QED) is 0.344. The van der Waals surface area contributed by atoms with Crippen molar-refractivity contribution in [1.82, 2.24) is 0 Å². The average molecular weight is 183 g/mol. The van der Waals surface area contributed by atoms with E-state index in [4.69, 9.17) is 0 Å². The van der Waals surface area contributed by atoms with Crippen molar-refractivity contribution in [3.63, 3.8) is 0 Å². The molecule has 4 heavy (non-hydrogen) atoms. The van der Waals surface area contributed by atoms with E-state index in [-0.39, 0.29) is 68.9 Å². The van der Waals surface area contributed by atoms with E-state index < -0.39 is 0 Å². The molecule has 0 unspecified atom stereocenters. The van der Waals surface area contributed by atoms with Gasteiger partial charge in [-0.1, -0.05) is 0 Å². The summed E-state index contributed by atoms with van der Waals surface area (Å²) in [4.78, 5) is 0. The summed E-state index contributed by atoms with van der Waals surface area (Å²) in [7, 11) is 0. The van der Waals surface area contributed by atoms with Gasteiger partial charge in [0.15, 0.2) is 0 Å². The van der Waals surface area contributed by atoms with Gasteiger partial charge in [-0.2, -0.15) is 0 Å². The Balaban J connectivity index is 0. The molecule has 0 bridgehead atoms. The van der Waals surface area contributed by atoms with Crippen molar-refractivity contribution in [3.8, 4) is 0 Å². The van der Waals surface area contributed by atoms with Crippen molar-refractivity contribution >= 4 is 30.6 Å². The molecule has 0 saturated heterocycles. The van der Waals surface area contributed by atoms with Gasteiger partial charge in [-0.25, -0.2) is 0 Å². The normalized spacial score (nSPS) is 0. The van der Waals surface area contributed by atoms with Gasteiger partial charge in [-0.3, -0.25) is 0 Å². The van der Waals surface area contributed by atoms with Crippen LogP contribution in [0.4, 0.5) is 0 Å². The van der Waals surface area contributed by atoms with E-state index in [1.807, 2.05) is 0 Å². The molecule has 0 aromatic heterocycles. The van der Waals surface area contributed by atoms with Crippen LogP contribution in [0.5, 0.6) is 0 Å². The topological polar surface area (TPSA) is 0 Å². The molecule has 12 valence electrons. The zero-order valence-corrected chi connectivity index (χ0v) is 8.02. The van der Waals surface area contributed by atoms with Crippen LogP contribution in [-0.4, -0.2) is 17.1 Å². The maximum absolute atomic E-state index is 0. The molecule has 0 aliphatic rings. The van der Waals surface area contributed by atoms with E-state index in [1.54, 1.807) is 0 Å². The third-order valence-electron chi connectivity index (χ3n) is 0. The third-order valence-corrected chi connectivity index (χ3v) is 0. The second kappa shape index (κ2) is 19.5. The summed E-state index contributed by atoms with van der Waals surface area (Å²) in [5.41, 5.74) is 0. The van der Waals surface area contributed by atoms with Gasteiger partial charge in [0, 0.05) is 0 Å². The van der Waals surface area contributed by atoms with Gasteiger partial charge in [0.05, 0.1) is 0 Å². The van der Waals surface area contributed by atoms with Crippen LogP contribution in [0.2, 0.25) is 0 Å². The molecule has 0 fully saturated rings. The zero-order chi connectivity index (χ0) is 0. The molecule has 0 N–H and O–H groups in total. The van der Waals surface area contributed by atoms with Crippen molar-refractivity contribution in [1.29, 1.82) is 0 Å². The van der Waals surface area contributed by atoms with Crippen LogP contribution in [-0.2, 0) is 33.0 Å². The van der Waals surface area contributed by atoms with E-state index in [0.29, 0.717) is 0 Å². The Bertz CT molecular complexity index is 8.00. The molecule has 4 heteroatoms. The monoisotopic (exact) mass is 183 g/mol. The molecular weight excluding hydrogens is 183 g/mol. The Morgan fingerprint density at radius 3 is 1.00 bits per heavy atom. The molecule has 0 aliphatic carbocycles.